The minimum absolute atomic E-state index is 0.0233. The van der Waals surface area contributed by atoms with Gasteiger partial charge < -0.3 is 9.15 Å². The van der Waals surface area contributed by atoms with E-state index < -0.39 is 12.1 Å². The van der Waals surface area contributed by atoms with Gasteiger partial charge >= 0.3 is 5.97 Å². The van der Waals surface area contributed by atoms with Crippen molar-refractivity contribution in [3.63, 3.8) is 0 Å². The second kappa shape index (κ2) is 6.19. The molecule has 1 aliphatic rings. The first-order valence-electron chi connectivity index (χ1n) is 6.37. The van der Waals surface area contributed by atoms with Crippen molar-refractivity contribution < 1.29 is 18.7 Å². The van der Waals surface area contributed by atoms with Crippen LogP contribution in [0.3, 0.4) is 0 Å². The number of hydrogen-bond acceptors (Lipinski definition) is 4. The second-order valence-electron chi connectivity index (χ2n) is 4.56. The molecule has 4 heteroatoms. The van der Waals surface area contributed by atoms with Gasteiger partial charge in [0, 0.05) is 11.6 Å². The molecule has 0 fully saturated rings. The monoisotopic (exact) mass is 272 g/mol. The molecule has 20 heavy (non-hydrogen) atoms. The number of furan rings is 1. The van der Waals surface area contributed by atoms with Gasteiger partial charge in [-0.05, 0) is 37.1 Å². The van der Waals surface area contributed by atoms with Gasteiger partial charge in [-0.3, -0.25) is 4.79 Å². The van der Waals surface area contributed by atoms with Crippen molar-refractivity contribution in [2.75, 3.05) is 0 Å². The summed E-state index contributed by atoms with van der Waals surface area (Å²) in [6, 6.07) is 3.46. The summed E-state index contributed by atoms with van der Waals surface area (Å²) in [4.78, 5) is 23.5. The third-order valence-electron chi connectivity index (χ3n) is 3.20. The van der Waals surface area contributed by atoms with Gasteiger partial charge in [-0.2, -0.15) is 0 Å². The third-order valence-corrected chi connectivity index (χ3v) is 3.20. The van der Waals surface area contributed by atoms with E-state index in [0.29, 0.717) is 17.8 Å². The maximum absolute atomic E-state index is 11.8. The zero-order valence-electron chi connectivity index (χ0n) is 11.3. The normalized spacial score (nSPS) is 18.9. The number of esters is 1. The Morgan fingerprint density at radius 3 is 3.05 bits per heavy atom. The van der Waals surface area contributed by atoms with Gasteiger partial charge in [-0.25, -0.2) is 4.79 Å². The lowest BCUT2D eigenvalue weighted by Gasteiger charge is -2.11. The van der Waals surface area contributed by atoms with Crippen molar-refractivity contribution in [2.24, 2.45) is 0 Å². The Morgan fingerprint density at radius 1 is 1.60 bits per heavy atom. The molecule has 0 bridgehead atoms. The number of carbonyl (C=O) groups excluding carboxylic acids is 2. The molecule has 0 N–H and O–H groups in total. The van der Waals surface area contributed by atoms with Crippen LogP contribution >= 0.6 is 0 Å². The van der Waals surface area contributed by atoms with Gasteiger partial charge in [0.2, 0.25) is 0 Å². The number of Topliss-reactive ketones (excluding diaryl/α,β-unsaturated/α-hetero) is 1. The molecular formula is C16H16O4. The van der Waals surface area contributed by atoms with Gasteiger partial charge in [-0.15, -0.1) is 6.58 Å². The summed E-state index contributed by atoms with van der Waals surface area (Å²) in [5.74, 6) is 0.109. The Labute approximate surface area is 117 Å². The fourth-order valence-electron chi connectivity index (χ4n) is 2.12. The van der Waals surface area contributed by atoms with Crippen LogP contribution in [0.1, 0.15) is 25.5 Å². The molecule has 0 saturated carbocycles. The predicted molar refractivity (Wildman–Crippen MR) is 74.8 cm³/mol. The van der Waals surface area contributed by atoms with E-state index in [4.69, 9.17) is 9.15 Å². The summed E-state index contributed by atoms with van der Waals surface area (Å²) in [5, 5.41) is 0. The number of ether oxygens (including phenoxy) is 1. The average Bonchev–Trinajstić information content (AvgIpc) is 3.01. The van der Waals surface area contributed by atoms with Crippen LogP contribution in [0.4, 0.5) is 0 Å². The molecule has 104 valence electrons. The molecular weight excluding hydrogens is 256 g/mol. The van der Waals surface area contributed by atoms with E-state index in [2.05, 4.69) is 6.58 Å². The minimum Gasteiger partial charge on any atom is -0.465 e. The zero-order valence-corrected chi connectivity index (χ0v) is 11.3. The predicted octanol–water partition coefficient (Wildman–Crippen LogP) is 3.07. The molecule has 0 unspecified atom stereocenters. The van der Waals surface area contributed by atoms with Gasteiger partial charge in [-0.1, -0.05) is 6.08 Å². The second-order valence-corrected chi connectivity index (χ2v) is 4.56. The topological polar surface area (TPSA) is 56.5 Å². The Hall–Kier alpha value is -2.36. The van der Waals surface area contributed by atoms with E-state index in [1.165, 1.54) is 18.4 Å². The summed E-state index contributed by atoms with van der Waals surface area (Å²) in [7, 11) is 0. The molecule has 0 amide bonds. The first-order valence-corrected chi connectivity index (χ1v) is 6.37. The lowest BCUT2D eigenvalue weighted by molar-refractivity contribution is -0.141. The lowest BCUT2D eigenvalue weighted by atomic mass is 10.1. The quantitative estimate of drug-likeness (QED) is 0.469. The Kier molecular flexibility index (Phi) is 4.35. The Bertz CT molecular complexity index is 576. The molecule has 0 saturated heterocycles. The van der Waals surface area contributed by atoms with Crippen LogP contribution in [0.2, 0.25) is 0 Å². The molecule has 4 nitrogen and oxygen atoms in total. The highest BCUT2D eigenvalue weighted by Gasteiger charge is 2.30. The molecule has 2 rings (SSSR count). The van der Waals surface area contributed by atoms with Crippen LogP contribution in [0.5, 0.6) is 0 Å². The fourth-order valence-corrected chi connectivity index (χ4v) is 2.12. The molecule has 1 aliphatic carbocycles. The Balaban J connectivity index is 1.98. The van der Waals surface area contributed by atoms with Gasteiger partial charge in [0.15, 0.2) is 5.78 Å². The van der Waals surface area contributed by atoms with Gasteiger partial charge in [0.1, 0.15) is 11.9 Å². The maximum atomic E-state index is 11.8. The summed E-state index contributed by atoms with van der Waals surface area (Å²) >= 11 is 0. The van der Waals surface area contributed by atoms with Crippen molar-refractivity contribution >= 4 is 17.8 Å². The van der Waals surface area contributed by atoms with Crippen LogP contribution < -0.4 is 0 Å². The zero-order chi connectivity index (χ0) is 14.5. The lowest BCUT2D eigenvalue weighted by Crippen LogP contribution is -2.16. The highest BCUT2D eigenvalue weighted by molar-refractivity contribution is 6.00. The third kappa shape index (κ3) is 3.15. The van der Waals surface area contributed by atoms with Crippen LogP contribution in [0, 0.1) is 0 Å². The average molecular weight is 272 g/mol. The number of allylic oxidation sites excluding steroid dienone is 2. The maximum Gasteiger partial charge on any atom is 0.331 e. The summed E-state index contributed by atoms with van der Waals surface area (Å²) in [6.45, 7) is 5.44. The van der Waals surface area contributed by atoms with Crippen molar-refractivity contribution in [1.29, 1.82) is 0 Å². The Morgan fingerprint density at radius 2 is 2.40 bits per heavy atom. The fraction of sp³-hybridized carbons (Fsp3) is 0.250. The summed E-state index contributed by atoms with van der Waals surface area (Å²) < 4.78 is 10.4. The molecule has 1 heterocycles. The minimum atomic E-state index is -0.488. The van der Waals surface area contributed by atoms with Crippen molar-refractivity contribution in [3.05, 3.63) is 54.0 Å². The standard InChI is InChI=1S/C16H16O4/c1-3-5-13-11(2)15(10-14(13)17)20-16(18)8-7-12-6-4-9-19-12/h3-4,6-9,15H,1,5,10H2,2H3/b8-7+/t15-/m1/s1. The summed E-state index contributed by atoms with van der Waals surface area (Å²) in [6.07, 6.45) is 6.29. The van der Waals surface area contributed by atoms with E-state index >= 15 is 0 Å². The van der Waals surface area contributed by atoms with E-state index in [-0.39, 0.29) is 12.2 Å². The highest BCUT2D eigenvalue weighted by atomic mass is 16.5. The number of carbonyl (C=O) groups is 2. The van der Waals surface area contributed by atoms with Crippen LogP contribution in [-0.2, 0) is 14.3 Å². The number of hydrogen-bond donors (Lipinski definition) is 0. The van der Waals surface area contributed by atoms with Crippen molar-refractivity contribution in [1.82, 2.24) is 0 Å². The highest BCUT2D eigenvalue weighted by Crippen LogP contribution is 2.28. The molecule has 1 aromatic rings. The number of ketones is 1. The number of rotatable bonds is 5. The van der Waals surface area contributed by atoms with Crippen molar-refractivity contribution in [2.45, 2.75) is 25.9 Å². The SMILES string of the molecule is C=CCC1=C(C)[C@H](OC(=O)/C=C/c2ccco2)CC1=O. The first-order chi connectivity index (χ1) is 9.61. The van der Waals surface area contributed by atoms with Crippen molar-refractivity contribution in [3.8, 4) is 0 Å². The molecule has 0 spiro atoms. The van der Waals surface area contributed by atoms with E-state index in [0.717, 1.165) is 5.57 Å². The van der Waals surface area contributed by atoms with Crippen LogP contribution in [0.25, 0.3) is 6.08 Å². The van der Waals surface area contributed by atoms with E-state index in [9.17, 15) is 9.59 Å². The smallest absolute Gasteiger partial charge is 0.331 e. The molecule has 1 aromatic heterocycles. The summed E-state index contributed by atoms with van der Waals surface area (Å²) in [5.41, 5.74) is 1.52. The van der Waals surface area contributed by atoms with E-state index in [1.807, 2.05) is 6.92 Å². The van der Waals surface area contributed by atoms with E-state index in [1.54, 1.807) is 18.2 Å². The molecule has 0 aliphatic heterocycles. The van der Waals surface area contributed by atoms with Crippen LogP contribution in [-0.4, -0.2) is 17.9 Å². The largest absolute Gasteiger partial charge is 0.465 e. The molecule has 1 atom stereocenters. The van der Waals surface area contributed by atoms with Gasteiger partial charge in [0.25, 0.3) is 0 Å². The van der Waals surface area contributed by atoms with Crippen LogP contribution in [0.15, 0.2) is 52.7 Å². The van der Waals surface area contributed by atoms with Gasteiger partial charge in [0.05, 0.1) is 12.7 Å². The molecule has 0 radical (unpaired) electrons. The molecule has 0 aromatic carbocycles. The first kappa shape index (κ1) is 14.1.